The lowest BCUT2D eigenvalue weighted by molar-refractivity contribution is -0.206. The molecule has 1 saturated carbocycles. The number of thiazole rings is 1. The fraction of sp³-hybridized carbons (Fsp3) is 0.542. The smallest absolute Gasteiger partial charge is 0.377 e. The monoisotopic (exact) mass is 542 g/mol. The van der Waals surface area contributed by atoms with E-state index in [2.05, 4.69) is 15.2 Å². The highest BCUT2D eigenvalue weighted by molar-refractivity contribution is 7.85. The number of halogens is 3. The van der Waals surface area contributed by atoms with Crippen molar-refractivity contribution in [1.29, 1.82) is 5.26 Å². The molecule has 4 rings (SSSR count). The Morgan fingerprint density at radius 1 is 1.22 bits per heavy atom. The fourth-order valence-corrected chi connectivity index (χ4v) is 6.04. The van der Waals surface area contributed by atoms with Crippen molar-refractivity contribution in [2.75, 3.05) is 36.0 Å². The van der Waals surface area contributed by atoms with Gasteiger partial charge in [-0.15, -0.1) is 11.3 Å². The van der Waals surface area contributed by atoms with E-state index in [0.717, 1.165) is 61.4 Å². The van der Waals surface area contributed by atoms with Crippen LogP contribution in [0.1, 0.15) is 43.2 Å². The van der Waals surface area contributed by atoms with Crippen molar-refractivity contribution in [3.63, 3.8) is 0 Å². The van der Waals surface area contributed by atoms with Crippen LogP contribution in [0.4, 0.5) is 18.9 Å². The van der Waals surface area contributed by atoms with E-state index < -0.39 is 23.1 Å². The van der Waals surface area contributed by atoms with Gasteiger partial charge in [-0.25, -0.2) is 4.98 Å². The Morgan fingerprint density at radius 2 is 1.86 bits per heavy atom. The third-order valence-corrected chi connectivity index (χ3v) is 8.45. The number of rotatable bonds is 5. The highest BCUT2D eigenvalue weighted by Crippen LogP contribution is 2.37. The minimum atomic E-state index is -4.71. The van der Waals surface area contributed by atoms with Crippen LogP contribution in [0.5, 0.6) is 0 Å². The van der Waals surface area contributed by atoms with E-state index in [9.17, 15) is 27.3 Å². The van der Waals surface area contributed by atoms with Crippen LogP contribution in [0.25, 0.3) is 10.4 Å². The molecule has 2 aliphatic rings. The van der Waals surface area contributed by atoms with E-state index in [1.54, 1.807) is 0 Å². The summed E-state index contributed by atoms with van der Waals surface area (Å²) in [4.78, 5) is 17.7. The van der Waals surface area contributed by atoms with Gasteiger partial charge in [0.05, 0.1) is 10.9 Å². The predicted molar refractivity (Wildman–Crippen MR) is 134 cm³/mol. The van der Waals surface area contributed by atoms with Crippen molar-refractivity contribution in [2.45, 2.75) is 44.4 Å². The first-order valence-electron chi connectivity index (χ1n) is 11.7. The highest BCUT2D eigenvalue weighted by atomic mass is 32.2. The number of hydrogen-bond donors (Lipinski definition) is 2. The van der Waals surface area contributed by atoms with E-state index in [0.29, 0.717) is 16.4 Å². The molecule has 2 N–H and O–H groups in total. The first-order chi connectivity index (χ1) is 17.2. The summed E-state index contributed by atoms with van der Waals surface area (Å²) in [5.74, 6) is 1.54. The quantitative estimate of drug-likeness (QED) is 0.549. The van der Waals surface area contributed by atoms with Crippen LogP contribution in [0.2, 0.25) is 0 Å². The Bertz CT molecular complexity index is 1050. The number of nitriles is 1. The number of amides is 1. The molecule has 0 radical (unpaired) electrons. The first-order valence-corrected chi connectivity index (χ1v) is 14.0. The van der Waals surface area contributed by atoms with Crippen LogP contribution in [-0.2, 0) is 15.6 Å². The second-order valence-electron chi connectivity index (χ2n) is 8.60. The molecule has 1 aromatic heterocycles. The van der Waals surface area contributed by atoms with Crippen LogP contribution in [-0.4, -0.2) is 57.5 Å². The van der Waals surface area contributed by atoms with Gasteiger partial charge in [-0.1, -0.05) is 31.4 Å². The molecule has 1 aliphatic carbocycles. The summed E-state index contributed by atoms with van der Waals surface area (Å²) < 4.78 is 49.0. The molecular formula is C24H29F3N4O3S2. The largest absolute Gasteiger partial charge is 0.420 e. The van der Waals surface area contributed by atoms with Gasteiger partial charge in [0.2, 0.25) is 12.0 Å². The van der Waals surface area contributed by atoms with Gasteiger partial charge in [0.15, 0.2) is 0 Å². The summed E-state index contributed by atoms with van der Waals surface area (Å²) in [7, 11) is -0.742. The molecule has 2 aromatic rings. The van der Waals surface area contributed by atoms with Crippen LogP contribution in [0.3, 0.4) is 0 Å². The standard InChI is InChI=1S/C15H15F3N2O2S2.C9H14N2O/c16-15(17,18)13(21)14-19-9-12(23-14)10-1-3-11(4-2-10)20-5-7-24(22)8-6-20;10-6-7-11-9(12)8-4-2-1-3-5-8/h1-4,9,13,21H,5-8H2;8H,1-5,7H2,(H,11,12). The maximum absolute atomic E-state index is 12.5. The average Bonchev–Trinajstić information content (AvgIpc) is 3.38. The number of aliphatic hydroxyl groups excluding tert-OH is 1. The Hall–Kier alpha value is -2.49. The summed E-state index contributed by atoms with van der Waals surface area (Å²) in [5, 5.41) is 19.7. The summed E-state index contributed by atoms with van der Waals surface area (Å²) in [6, 6.07) is 9.33. The number of aromatic nitrogens is 1. The molecule has 1 amide bonds. The zero-order valence-corrected chi connectivity index (χ0v) is 21.3. The highest BCUT2D eigenvalue weighted by Gasteiger charge is 2.41. The molecule has 2 heterocycles. The van der Waals surface area contributed by atoms with Gasteiger partial charge in [0, 0.05) is 53.2 Å². The Balaban J connectivity index is 0.000000253. The summed E-state index contributed by atoms with van der Waals surface area (Å²) in [5.41, 5.74) is 1.74. The molecule has 2 fully saturated rings. The number of carbonyl (C=O) groups excluding carboxylic acids is 1. The van der Waals surface area contributed by atoms with Gasteiger partial charge >= 0.3 is 6.18 Å². The van der Waals surface area contributed by atoms with E-state index >= 15 is 0 Å². The molecule has 196 valence electrons. The van der Waals surface area contributed by atoms with Gasteiger partial charge < -0.3 is 15.3 Å². The summed E-state index contributed by atoms with van der Waals surface area (Å²) in [6.45, 7) is 1.61. The summed E-state index contributed by atoms with van der Waals surface area (Å²) in [6.07, 6.45) is -0.363. The molecule has 7 nitrogen and oxygen atoms in total. The number of aliphatic hydroxyl groups is 1. The van der Waals surface area contributed by atoms with E-state index in [-0.39, 0.29) is 23.4 Å². The van der Waals surface area contributed by atoms with Crippen molar-refractivity contribution in [3.8, 4) is 16.5 Å². The number of alkyl halides is 3. The number of anilines is 1. The van der Waals surface area contributed by atoms with E-state index in [1.165, 1.54) is 12.6 Å². The fourth-order valence-electron chi connectivity index (χ4n) is 4.06. The molecule has 0 spiro atoms. The van der Waals surface area contributed by atoms with Crippen molar-refractivity contribution >= 4 is 33.7 Å². The van der Waals surface area contributed by atoms with Gasteiger partial charge in [-0.05, 0) is 30.5 Å². The lowest BCUT2D eigenvalue weighted by Crippen LogP contribution is -2.37. The first kappa shape index (κ1) is 28.1. The van der Waals surface area contributed by atoms with Crippen molar-refractivity contribution in [3.05, 3.63) is 35.5 Å². The number of nitrogens with one attached hydrogen (secondary N) is 1. The van der Waals surface area contributed by atoms with Crippen molar-refractivity contribution < 1.29 is 27.3 Å². The number of nitrogens with zero attached hydrogens (tertiary/aromatic N) is 3. The molecule has 1 saturated heterocycles. The third-order valence-electron chi connectivity index (χ3n) is 6.08. The zero-order chi connectivity index (χ0) is 26.1. The lowest BCUT2D eigenvalue weighted by atomic mass is 9.89. The Morgan fingerprint density at radius 3 is 2.44 bits per heavy atom. The second kappa shape index (κ2) is 13.2. The molecule has 0 bridgehead atoms. The van der Waals surface area contributed by atoms with Gasteiger partial charge in [-0.3, -0.25) is 9.00 Å². The molecule has 1 unspecified atom stereocenters. The van der Waals surface area contributed by atoms with Gasteiger partial charge in [-0.2, -0.15) is 18.4 Å². The Kier molecular flexibility index (Phi) is 10.3. The van der Waals surface area contributed by atoms with Crippen LogP contribution < -0.4 is 10.2 Å². The van der Waals surface area contributed by atoms with Crippen LogP contribution in [0.15, 0.2) is 30.5 Å². The maximum atomic E-state index is 12.5. The molecule has 1 aromatic carbocycles. The van der Waals surface area contributed by atoms with E-state index in [4.69, 9.17) is 5.26 Å². The van der Waals surface area contributed by atoms with Gasteiger partial charge in [0.25, 0.3) is 0 Å². The van der Waals surface area contributed by atoms with E-state index in [1.807, 2.05) is 30.3 Å². The SMILES string of the molecule is N#CCNC(=O)C1CCCCC1.O=S1CCN(c2ccc(-c3cnc(C(O)C(F)(F)F)s3)cc2)CC1. The second-order valence-corrected chi connectivity index (χ2v) is 11.4. The summed E-state index contributed by atoms with van der Waals surface area (Å²) >= 11 is 0.828. The van der Waals surface area contributed by atoms with Crippen LogP contribution in [0, 0.1) is 17.2 Å². The Labute approximate surface area is 214 Å². The van der Waals surface area contributed by atoms with Crippen molar-refractivity contribution in [2.24, 2.45) is 5.92 Å². The number of benzene rings is 1. The normalized spacial score (nSPS) is 18.0. The van der Waals surface area contributed by atoms with Gasteiger partial charge in [0.1, 0.15) is 11.6 Å². The maximum Gasteiger partial charge on any atom is 0.420 e. The minimum absolute atomic E-state index is 0.0660. The molecular weight excluding hydrogens is 513 g/mol. The third kappa shape index (κ3) is 8.01. The predicted octanol–water partition coefficient (Wildman–Crippen LogP) is 4.18. The topological polar surface area (TPSA) is 106 Å². The average molecular weight is 543 g/mol. The molecule has 12 heteroatoms. The zero-order valence-electron chi connectivity index (χ0n) is 19.7. The van der Waals surface area contributed by atoms with Crippen molar-refractivity contribution in [1.82, 2.24) is 10.3 Å². The lowest BCUT2D eigenvalue weighted by Gasteiger charge is -2.28. The van der Waals surface area contributed by atoms with Crippen LogP contribution >= 0.6 is 11.3 Å². The number of carbonyl (C=O) groups is 1. The minimum Gasteiger partial charge on any atom is -0.377 e. The molecule has 1 aliphatic heterocycles. The molecule has 36 heavy (non-hydrogen) atoms. The number of hydrogen-bond acceptors (Lipinski definition) is 7. The molecule has 1 atom stereocenters.